The minimum absolute atomic E-state index is 0.0256. The number of rotatable bonds is 7. The number of ether oxygens (including phenoxy) is 2. The van der Waals surface area contributed by atoms with Crippen LogP contribution in [0.3, 0.4) is 0 Å². The lowest BCUT2D eigenvalue weighted by Crippen LogP contribution is -2.40. The molecule has 2 heterocycles. The minimum atomic E-state index is -3.32. The number of likely N-dealkylation sites (tertiary alicyclic amines) is 1. The molecule has 28 heavy (non-hydrogen) atoms. The Balaban J connectivity index is 1.31. The van der Waals surface area contributed by atoms with Crippen molar-refractivity contribution in [2.75, 3.05) is 26.4 Å². The van der Waals surface area contributed by atoms with Crippen LogP contribution in [0.25, 0.3) is 0 Å². The third kappa shape index (κ3) is 4.84. The molecule has 1 saturated heterocycles. The van der Waals surface area contributed by atoms with Gasteiger partial charge in [-0.15, -0.1) is 0 Å². The fourth-order valence-corrected chi connectivity index (χ4v) is 5.13. The number of fused-ring (bicyclic) bond motifs is 1. The molecule has 0 aromatic heterocycles. The van der Waals surface area contributed by atoms with Gasteiger partial charge < -0.3 is 9.47 Å². The lowest BCUT2D eigenvalue weighted by Gasteiger charge is -2.33. The maximum atomic E-state index is 12.4. The number of hydrogen-bond acceptors (Lipinski definition) is 5. The zero-order valence-electron chi connectivity index (χ0n) is 15.8. The van der Waals surface area contributed by atoms with Gasteiger partial charge in [-0.1, -0.05) is 42.5 Å². The van der Waals surface area contributed by atoms with E-state index in [1.165, 1.54) is 0 Å². The molecular weight excluding hydrogens is 376 g/mol. The Morgan fingerprint density at radius 1 is 1.07 bits per heavy atom. The van der Waals surface area contributed by atoms with E-state index < -0.39 is 10.0 Å². The predicted molar refractivity (Wildman–Crippen MR) is 108 cm³/mol. The zero-order valence-corrected chi connectivity index (χ0v) is 16.7. The molecule has 0 spiro atoms. The normalized spacial score (nSPS) is 19.6. The number of piperidine rings is 1. The van der Waals surface area contributed by atoms with Crippen molar-refractivity contribution in [2.24, 2.45) is 5.92 Å². The summed E-state index contributed by atoms with van der Waals surface area (Å²) in [7, 11) is -3.32. The van der Waals surface area contributed by atoms with Gasteiger partial charge in [-0.25, -0.2) is 13.1 Å². The smallest absolute Gasteiger partial charge is 0.231 e. The van der Waals surface area contributed by atoms with E-state index in [9.17, 15) is 8.42 Å². The first-order valence-corrected chi connectivity index (χ1v) is 11.4. The highest BCUT2D eigenvalue weighted by Gasteiger charge is 2.24. The fourth-order valence-electron chi connectivity index (χ4n) is 3.91. The van der Waals surface area contributed by atoms with Crippen molar-refractivity contribution in [3.05, 3.63) is 59.7 Å². The molecule has 2 aromatic carbocycles. The number of nitrogens with zero attached hydrogens (tertiary/aromatic N) is 1. The number of para-hydroxylation sites is 1. The number of benzene rings is 2. The van der Waals surface area contributed by atoms with Crippen molar-refractivity contribution in [3.8, 4) is 11.5 Å². The third-order valence-electron chi connectivity index (χ3n) is 5.27. The molecule has 0 bridgehead atoms. The van der Waals surface area contributed by atoms with E-state index in [0.29, 0.717) is 12.5 Å². The van der Waals surface area contributed by atoms with Gasteiger partial charge in [0.25, 0.3) is 0 Å². The Morgan fingerprint density at radius 3 is 2.79 bits per heavy atom. The SMILES string of the molecule is O=S(=O)(Cc1ccccc1)NC[C@@H]1CCCN(Cc2cccc3c2OCO3)C1. The summed E-state index contributed by atoms with van der Waals surface area (Å²) >= 11 is 0. The monoisotopic (exact) mass is 402 g/mol. The van der Waals surface area contributed by atoms with E-state index in [4.69, 9.17) is 9.47 Å². The Morgan fingerprint density at radius 2 is 1.93 bits per heavy atom. The summed E-state index contributed by atoms with van der Waals surface area (Å²) in [5.41, 5.74) is 1.93. The summed E-state index contributed by atoms with van der Waals surface area (Å²) < 4.78 is 38.6. The molecule has 4 rings (SSSR count). The Labute approximate surface area is 166 Å². The second-order valence-electron chi connectivity index (χ2n) is 7.49. The largest absolute Gasteiger partial charge is 0.454 e. The molecule has 0 unspecified atom stereocenters. The van der Waals surface area contributed by atoms with Gasteiger partial charge in [0.15, 0.2) is 11.5 Å². The average molecular weight is 403 g/mol. The van der Waals surface area contributed by atoms with Gasteiger partial charge in [0.1, 0.15) is 0 Å². The molecule has 1 N–H and O–H groups in total. The summed E-state index contributed by atoms with van der Waals surface area (Å²) in [6.45, 7) is 3.44. The van der Waals surface area contributed by atoms with Gasteiger partial charge in [-0.2, -0.15) is 0 Å². The van der Waals surface area contributed by atoms with E-state index in [0.717, 1.165) is 55.1 Å². The first-order valence-electron chi connectivity index (χ1n) is 9.70. The topological polar surface area (TPSA) is 67.9 Å². The molecule has 0 saturated carbocycles. The summed E-state index contributed by atoms with van der Waals surface area (Å²) in [5.74, 6) is 1.98. The van der Waals surface area contributed by atoms with E-state index in [1.54, 1.807) is 0 Å². The summed E-state index contributed by atoms with van der Waals surface area (Å²) in [4.78, 5) is 2.37. The second-order valence-corrected chi connectivity index (χ2v) is 9.29. The molecular formula is C21H26N2O4S. The van der Waals surface area contributed by atoms with Crippen LogP contribution in [-0.4, -0.2) is 39.7 Å². The van der Waals surface area contributed by atoms with E-state index in [-0.39, 0.29) is 12.5 Å². The van der Waals surface area contributed by atoms with Gasteiger partial charge in [0.2, 0.25) is 16.8 Å². The molecule has 6 nitrogen and oxygen atoms in total. The van der Waals surface area contributed by atoms with Crippen molar-refractivity contribution < 1.29 is 17.9 Å². The van der Waals surface area contributed by atoms with Gasteiger partial charge >= 0.3 is 0 Å². The van der Waals surface area contributed by atoms with Gasteiger partial charge in [0, 0.05) is 25.2 Å². The fraction of sp³-hybridized carbons (Fsp3) is 0.429. The molecule has 0 amide bonds. The van der Waals surface area contributed by atoms with Gasteiger partial charge in [0.05, 0.1) is 5.75 Å². The van der Waals surface area contributed by atoms with Gasteiger partial charge in [-0.05, 0) is 36.9 Å². The van der Waals surface area contributed by atoms with Crippen LogP contribution in [0.2, 0.25) is 0 Å². The van der Waals surface area contributed by atoms with E-state index >= 15 is 0 Å². The van der Waals surface area contributed by atoms with Crippen molar-refractivity contribution in [1.82, 2.24) is 9.62 Å². The highest BCUT2D eigenvalue weighted by atomic mass is 32.2. The molecule has 150 valence electrons. The molecule has 0 radical (unpaired) electrons. The molecule has 1 fully saturated rings. The predicted octanol–water partition coefficient (Wildman–Crippen LogP) is 2.75. The van der Waals surface area contributed by atoms with Crippen molar-refractivity contribution in [1.29, 1.82) is 0 Å². The van der Waals surface area contributed by atoms with Crippen LogP contribution < -0.4 is 14.2 Å². The standard InChI is InChI=1S/C21H26N2O4S/c24-28(25,15-17-6-2-1-3-7-17)22-12-18-8-5-11-23(13-18)14-19-9-4-10-20-21(19)27-16-26-20/h1-4,6-7,9-10,18,22H,5,8,11-16H2/t18-/m0/s1. The minimum Gasteiger partial charge on any atom is -0.454 e. The van der Waals surface area contributed by atoms with Crippen LogP contribution >= 0.6 is 0 Å². The van der Waals surface area contributed by atoms with Crippen LogP contribution in [0.1, 0.15) is 24.0 Å². The maximum absolute atomic E-state index is 12.4. The van der Waals surface area contributed by atoms with Crippen molar-refractivity contribution in [3.63, 3.8) is 0 Å². The Hall–Kier alpha value is -2.09. The van der Waals surface area contributed by atoms with Crippen LogP contribution in [-0.2, 0) is 22.3 Å². The first kappa shape index (κ1) is 19.2. The van der Waals surface area contributed by atoms with E-state index in [1.807, 2.05) is 42.5 Å². The molecule has 1 atom stereocenters. The highest BCUT2D eigenvalue weighted by Crippen LogP contribution is 2.36. The maximum Gasteiger partial charge on any atom is 0.231 e. The molecule has 2 aliphatic rings. The lowest BCUT2D eigenvalue weighted by atomic mass is 9.98. The van der Waals surface area contributed by atoms with Gasteiger partial charge in [-0.3, -0.25) is 4.90 Å². The summed E-state index contributed by atoms with van der Waals surface area (Å²) in [6.07, 6.45) is 2.11. The lowest BCUT2D eigenvalue weighted by molar-refractivity contribution is 0.160. The van der Waals surface area contributed by atoms with Crippen molar-refractivity contribution in [2.45, 2.75) is 25.1 Å². The zero-order chi connectivity index (χ0) is 19.4. The molecule has 2 aromatic rings. The number of hydrogen-bond donors (Lipinski definition) is 1. The molecule has 2 aliphatic heterocycles. The summed E-state index contributed by atoms with van der Waals surface area (Å²) in [5, 5.41) is 0. The molecule has 7 heteroatoms. The Bertz CT molecular complexity index is 902. The van der Waals surface area contributed by atoms with Crippen LogP contribution in [0.15, 0.2) is 48.5 Å². The first-order chi connectivity index (χ1) is 13.6. The van der Waals surface area contributed by atoms with Crippen LogP contribution in [0.5, 0.6) is 11.5 Å². The van der Waals surface area contributed by atoms with Crippen LogP contribution in [0, 0.1) is 5.92 Å². The number of sulfonamides is 1. The average Bonchev–Trinajstić information content (AvgIpc) is 3.17. The highest BCUT2D eigenvalue weighted by molar-refractivity contribution is 7.88. The van der Waals surface area contributed by atoms with E-state index in [2.05, 4.69) is 15.7 Å². The summed E-state index contributed by atoms with van der Waals surface area (Å²) in [6, 6.07) is 15.3. The van der Waals surface area contributed by atoms with Crippen molar-refractivity contribution >= 4 is 10.0 Å². The van der Waals surface area contributed by atoms with Crippen LogP contribution in [0.4, 0.5) is 0 Å². The molecule has 0 aliphatic carbocycles. The second kappa shape index (κ2) is 8.51. The third-order valence-corrected chi connectivity index (χ3v) is 6.59. The number of nitrogens with one attached hydrogen (secondary N) is 1. The quantitative estimate of drug-likeness (QED) is 0.771. The Kier molecular flexibility index (Phi) is 5.85.